The molecule has 0 radical (unpaired) electrons. The Morgan fingerprint density at radius 2 is 1.92 bits per heavy atom. The lowest BCUT2D eigenvalue weighted by Gasteiger charge is -2.07. The van der Waals surface area contributed by atoms with Crippen molar-refractivity contribution in [1.29, 1.82) is 0 Å². The molecule has 4 rings (SSSR count). The van der Waals surface area contributed by atoms with Crippen LogP contribution in [0.4, 0.5) is 5.69 Å². The van der Waals surface area contributed by atoms with Gasteiger partial charge >= 0.3 is 0 Å². The molecule has 0 saturated heterocycles. The first-order chi connectivity index (χ1) is 12.6. The molecule has 0 aliphatic heterocycles. The van der Waals surface area contributed by atoms with Gasteiger partial charge in [0.2, 0.25) is 5.91 Å². The first kappa shape index (κ1) is 17.1. The Hall–Kier alpha value is -2.34. The van der Waals surface area contributed by atoms with Gasteiger partial charge in [-0.1, -0.05) is 41.4 Å². The number of fused-ring (bicyclic) bond motifs is 1. The molecule has 0 unspecified atom stereocenters. The van der Waals surface area contributed by atoms with Crippen LogP contribution in [0.2, 0.25) is 10.0 Å². The van der Waals surface area contributed by atoms with E-state index in [2.05, 4.69) is 10.3 Å². The number of hydrogen-bond donors (Lipinski definition) is 1. The number of carbonyl (C=O) groups is 1. The van der Waals surface area contributed by atoms with Gasteiger partial charge in [-0.2, -0.15) is 0 Å². The molecule has 0 bridgehead atoms. The minimum absolute atomic E-state index is 0.112. The number of rotatable bonds is 4. The standard InChI is InChI=1S/C19H13Cl2N3OS/c20-15-6-1-12(9-16(15)21)10-18(25)22-14-4-2-13(3-5-14)17-11-24-7-8-26-19(24)23-17/h1-9,11H,10H2,(H,22,25). The maximum Gasteiger partial charge on any atom is 0.228 e. The maximum absolute atomic E-state index is 12.2. The zero-order valence-electron chi connectivity index (χ0n) is 13.4. The van der Waals surface area contributed by atoms with E-state index in [-0.39, 0.29) is 12.3 Å². The van der Waals surface area contributed by atoms with Gasteiger partial charge < -0.3 is 5.32 Å². The summed E-state index contributed by atoms with van der Waals surface area (Å²) in [5.74, 6) is -0.112. The van der Waals surface area contributed by atoms with Gasteiger partial charge in [0.1, 0.15) is 0 Å². The highest BCUT2D eigenvalue weighted by Gasteiger charge is 2.08. The van der Waals surface area contributed by atoms with Crippen molar-refractivity contribution in [3.8, 4) is 11.3 Å². The van der Waals surface area contributed by atoms with Crippen molar-refractivity contribution >= 4 is 51.1 Å². The Labute approximate surface area is 164 Å². The highest BCUT2D eigenvalue weighted by molar-refractivity contribution is 7.15. The summed E-state index contributed by atoms with van der Waals surface area (Å²) in [4.78, 5) is 17.7. The second-order valence-electron chi connectivity index (χ2n) is 5.77. The summed E-state index contributed by atoms with van der Waals surface area (Å²) in [5.41, 5.74) is 3.46. The van der Waals surface area contributed by atoms with Gasteiger partial charge in [0.05, 0.1) is 22.2 Å². The number of imidazole rings is 1. The third-order valence-corrected chi connectivity index (χ3v) is 5.42. The van der Waals surface area contributed by atoms with E-state index in [1.165, 1.54) is 0 Å². The number of anilines is 1. The average molecular weight is 402 g/mol. The zero-order valence-corrected chi connectivity index (χ0v) is 15.8. The molecule has 0 atom stereocenters. The van der Waals surface area contributed by atoms with Crippen LogP contribution in [0.3, 0.4) is 0 Å². The lowest BCUT2D eigenvalue weighted by Crippen LogP contribution is -2.14. The van der Waals surface area contributed by atoms with Crippen LogP contribution in [0.25, 0.3) is 16.2 Å². The van der Waals surface area contributed by atoms with E-state index in [9.17, 15) is 4.79 Å². The molecule has 26 heavy (non-hydrogen) atoms. The van der Waals surface area contributed by atoms with E-state index in [4.69, 9.17) is 23.2 Å². The topological polar surface area (TPSA) is 46.4 Å². The Kier molecular flexibility index (Phi) is 4.68. The van der Waals surface area contributed by atoms with Gasteiger partial charge in [0.15, 0.2) is 4.96 Å². The van der Waals surface area contributed by atoms with Crippen LogP contribution in [0.5, 0.6) is 0 Å². The van der Waals surface area contributed by atoms with Crippen LogP contribution in [-0.4, -0.2) is 15.3 Å². The van der Waals surface area contributed by atoms with Crippen molar-refractivity contribution < 1.29 is 4.79 Å². The molecule has 2 aromatic heterocycles. The normalized spacial score (nSPS) is 11.0. The molecule has 130 valence electrons. The number of halogens is 2. The highest BCUT2D eigenvalue weighted by atomic mass is 35.5. The van der Waals surface area contributed by atoms with E-state index in [1.807, 2.05) is 46.4 Å². The van der Waals surface area contributed by atoms with Crippen molar-refractivity contribution in [2.75, 3.05) is 5.32 Å². The summed E-state index contributed by atoms with van der Waals surface area (Å²) in [5, 5.41) is 5.81. The third-order valence-electron chi connectivity index (χ3n) is 3.91. The first-order valence-electron chi connectivity index (χ1n) is 7.85. The molecule has 4 nitrogen and oxygen atoms in total. The summed E-state index contributed by atoms with van der Waals surface area (Å²) < 4.78 is 1.99. The van der Waals surface area contributed by atoms with Gasteiger partial charge in [-0.15, -0.1) is 11.3 Å². The molecule has 1 amide bonds. The Morgan fingerprint density at radius 3 is 2.65 bits per heavy atom. The van der Waals surface area contributed by atoms with E-state index in [1.54, 1.807) is 29.5 Å². The summed E-state index contributed by atoms with van der Waals surface area (Å²) >= 11 is 13.5. The van der Waals surface area contributed by atoms with Crippen LogP contribution in [-0.2, 0) is 11.2 Å². The lowest BCUT2D eigenvalue weighted by molar-refractivity contribution is -0.115. The van der Waals surface area contributed by atoms with Crippen molar-refractivity contribution in [1.82, 2.24) is 9.38 Å². The second kappa shape index (κ2) is 7.11. The molecule has 0 aliphatic rings. The zero-order chi connectivity index (χ0) is 18.1. The predicted molar refractivity (Wildman–Crippen MR) is 107 cm³/mol. The minimum atomic E-state index is -0.112. The van der Waals surface area contributed by atoms with Gasteiger partial charge in [-0.05, 0) is 29.8 Å². The SMILES string of the molecule is O=C(Cc1ccc(Cl)c(Cl)c1)Nc1ccc(-c2cn3ccsc3n2)cc1. The Bertz CT molecular complexity index is 1060. The number of thiazole rings is 1. The number of amides is 1. The fourth-order valence-corrected chi connectivity index (χ4v) is 3.65. The van der Waals surface area contributed by atoms with Crippen molar-refractivity contribution in [3.63, 3.8) is 0 Å². The number of nitrogens with one attached hydrogen (secondary N) is 1. The fourth-order valence-electron chi connectivity index (χ4n) is 2.63. The number of nitrogens with zero attached hydrogens (tertiary/aromatic N) is 2. The molecule has 1 N–H and O–H groups in total. The van der Waals surface area contributed by atoms with E-state index in [0.29, 0.717) is 10.0 Å². The quantitative estimate of drug-likeness (QED) is 0.487. The van der Waals surface area contributed by atoms with E-state index < -0.39 is 0 Å². The van der Waals surface area contributed by atoms with Gasteiger partial charge in [-0.25, -0.2) is 4.98 Å². The van der Waals surface area contributed by atoms with Crippen LogP contribution in [0, 0.1) is 0 Å². The molecule has 7 heteroatoms. The smallest absolute Gasteiger partial charge is 0.228 e. The summed E-state index contributed by atoms with van der Waals surface area (Å²) in [7, 11) is 0. The van der Waals surface area contributed by atoms with Gasteiger partial charge in [-0.3, -0.25) is 9.20 Å². The highest BCUT2D eigenvalue weighted by Crippen LogP contribution is 2.24. The second-order valence-corrected chi connectivity index (χ2v) is 7.46. The molecule has 0 fully saturated rings. The summed E-state index contributed by atoms with van der Waals surface area (Å²) in [6, 6.07) is 12.8. The molecule has 2 aromatic carbocycles. The van der Waals surface area contributed by atoms with Crippen LogP contribution in [0.1, 0.15) is 5.56 Å². The van der Waals surface area contributed by atoms with Crippen molar-refractivity contribution in [2.45, 2.75) is 6.42 Å². The molecule has 0 aliphatic carbocycles. The molecule has 2 heterocycles. The van der Waals surface area contributed by atoms with Gasteiger partial charge in [0, 0.05) is 29.0 Å². The Morgan fingerprint density at radius 1 is 1.12 bits per heavy atom. The number of aromatic nitrogens is 2. The molecule has 0 spiro atoms. The lowest BCUT2D eigenvalue weighted by atomic mass is 10.1. The number of hydrogen-bond acceptors (Lipinski definition) is 3. The van der Waals surface area contributed by atoms with Crippen molar-refractivity contribution in [2.24, 2.45) is 0 Å². The van der Waals surface area contributed by atoms with Crippen molar-refractivity contribution in [3.05, 3.63) is 75.8 Å². The number of benzene rings is 2. The van der Waals surface area contributed by atoms with Crippen LogP contribution >= 0.6 is 34.5 Å². The average Bonchev–Trinajstić information content (AvgIpc) is 3.21. The summed E-state index contributed by atoms with van der Waals surface area (Å²) in [6.07, 6.45) is 4.20. The summed E-state index contributed by atoms with van der Waals surface area (Å²) in [6.45, 7) is 0. The third kappa shape index (κ3) is 3.60. The fraction of sp³-hybridized carbons (Fsp3) is 0.0526. The van der Waals surface area contributed by atoms with Crippen LogP contribution < -0.4 is 5.32 Å². The number of carbonyl (C=O) groups excluding carboxylic acids is 1. The largest absolute Gasteiger partial charge is 0.326 e. The van der Waals surface area contributed by atoms with E-state index >= 15 is 0 Å². The molecule has 4 aromatic rings. The first-order valence-corrected chi connectivity index (χ1v) is 9.48. The van der Waals surface area contributed by atoms with Crippen LogP contribution in [0.15, 0.2) is 60.2 Å². The molecule has 0 saturated carbocycles. The molecular formula is C19H13Cl2N3OS. The van der Waals surface area contributed by atoms with E-state index in [0.717, 1.165) is 27.5 Å². The predicted octanol–water partition coefficient (Wildman–Crippen LogP) is 5.55. The minimum Gasteiger partial charge on any atom is -0.326 e. The Balaban J connectivity index is 1.44. The maximum atomic E-state index is 12.2. The van der Waals surface area contributed by atoms with Gasteiger partial charge in [0.25, 0.3) is 0 Å². The monoisotopic (exact) mass is 401 g/mol. The molecular weight excluding hydrogens is 389 g/mol.